The van der Waals surface area contributed by atoms with E-state index in [-0.39, 0.29) is 12.2 Å². The lowest BCUT2D eigenvalue weighted by molar-refractivity contribution is 0.101. The van der Waals surface area contributed by atoms with Crippen molar-refractivity contribution in [1.82, 2.24) is 14.7 Å². The summed E-state index contributed by atoms with van der Waals surface area (Å²) in [6.07, 6.45) is 1.69. The number of anilines is 1. The molecule has 2 heterocycles. The molecule has 0 saturated heterocycles. The standard InChI is InChI=1S/C20H14F2N4O2/c21-15-9-8-14(11-16(15)22)23-19(27)17-7-4-10-26(17)12-18-24-20(28-25-18)13-5-2-1-3-6-13/h1-11H,12H2,(H,23,27). The summed E-state index contributed by atoms with van der Waals surface area (Å²) in [5.74, 6) is -1.70. The van der Waals surface area contributed by atoms with Gasteiger partial charge in [-0.05, 0) is 36.4 Å². The van der Waals surface area contributed by atoms with Gasteiger partial charge in [-0.1, -0.05) is 23.4 Å². The first kappa shape index (κ1) is 17.6. The van der Waals surface area contributed by atoms with Crippen molar-refractivity contribution in [3.63, 3.8) is 0 Å². The van der Waals surface area contributed by atoms with Crippen LogP contribution in [0.25, 0.3) is 11.5 Å². The van der Waals surface area contributed by atoms with Gasteiger partial charge in [-0.15, -0.1) is 0 Å². The van der Waals surface area contributed by atoms with Crippen molar-refractivity contribution < 1.29 is 18.1 Å². The predicted octanol–water partition coefficient (Wildman–Crippen LogP) is 4.12. The van der Waals surface area contributed by atoms with Gasteiger partial charge in [0.2, 0.25) is 0 Å². The number of benzene rings is 2. The molecule has 0 fully saturated rings. The van der Waals surface area contributed by atoms with E-state index < -0.39 is 17.5 Å². The van der Waals surface area contributed by atoms with Gasteiger partial charge in [0, 0.05) is 23.5 Å². The van der Waals surface area contributed by atoms with Crippen LogP contribution in [-0.4, -0.2) is 20.6 Å². The number of carbonyl (C=O) groups is 1. The molecule has 4 aromatic rings. The molecule has 2 aromatic heterocycles. The van der Waals surface area contributed by atoms with Crippen LogP contribution < -0.4 is 5.32 Å². The van der Waals surface area contributed by atoms with Gasteiger partial charge in [-0.3, -0.25) is 4.79 Å². The maximum atomic E-state index is 13.3. The van der Waals surface area contributed by atoms with Crippen molar-refractivity contribution in [3.8, 4) is 11.5 Å². The Morgan fingerprint density at radius 3 is 2.64 bits per heavy atom. The first-order chi connectivity index (χ1) is 13.6. The van der Waals surface area contributed by atoms with Crippen LogP contribution in [0.5, 0.6) is 0 Å². The summed E-state index contributed by atoms with van der Waals surface area (Å²) in [6, 6.07) is 15.8. The molecule has 28 heavy (non-hydrogen) atoms. The van der Waals surface area contributed by atoms with Crippen molar-refractivity contribution in [3.05, 3.63) is 90.0 Å². The Balaban J connectivity index is 1.50. The largest absolute Gasteiger partial charge is 0.336 e. The number of nitrogens with one attached hydrogen (secondary N) is 1. The molecule has 1 amide bonds. The van der Waals surface area contributed by atoms with E-state index in [0.717, 1.165) is 17.7 Å². The summed E-state index contributed by atoms with van der Waals surface area (Å²) in [5, 5.41) is 6.48. The van der Waals surface area contributed by atoms with Crippen LogP contribution in [0.15, 0.2) is 71.4 Å². The fourth-order valence-corrected chi connectivity index (χ4v) is 2.70. The minimum Gasteiger partial charge on any atom is -0.336 e. The first-order valence-corrected chi connectivity index (χ1v) is 8.40. The summed E-state index contributed by atoms with van der Waals surface area (Å²) in [5.41, 5.74) is 1.27. The number of rotatable bonds is 5. The number of carbonyl (C=O) groups excluding carboxylic acids is 1. The summed E-state index contributed by atoms with van der Waals surface area (Å²) >= 11 is 0. The summed E-state index contributed by atoms with van der Waals surface area (Å²) in [6.45, 7) is 0.212. The van der Waals surface area contributed by atoms with Crippen molar-refractivity contribution in [2.24, 2.45) is 0 Å². The van der Waals surface area contributed by atoms with Gasteiger partial charge in [-0.25, -0.2) is 8.78 Å². The Morgan fingerprint density at radius 2 is 1.86 bits per heavy atom. The molecule has 8 heteroatoms. The van der Waals surface area contributed by atoms with Crippen LogP contribution >= 0.6 is 0 Å². The van der Waals surface area contributed by atoms with E-state index in [1.807, 2.05) is 30.3 Å². The molecule has 0 aliphatic rings. The molecule has 0 spiro atoms. The normalized spacial score (nSPS) is 10.8. The average Bonchev–Trinajstić information content (AvgIpc) is 3.35. The van der Waals surface area contributed by atoms with E-state index in [0.29, 0.717) is 17.4 Å². The first-order valence-electron chi connectivity index (χ1n) is 8.40. The minimum absolute atomic E-state index is 0.155. The van der Waals surface area contributed by atoms with E-state index in [9.17, 15) is 13.6 Å². The number of hydrogen-bond donors (Lipinski definition) is 1. The van der Waals surface area contributed by atoms with Gasteiger partial charge in [0.25, 0.3) is 11.8 Å². The maximum absolute atomic E-state index is 13.3. The number of aromatic nitrogens is 3. The van der Waals surface area contributed by atoms with Gasteiger partial charge < -0.3 is 14.4 Å². The van der Waals surface area contributed by atoms with Crippen molar-refractivity contribution in [2.75, 3.05) is 5.32 Å². The van der Waals surface area contributed by atoms with Crippen molar-refractivity contribution >= 4 is 11.6 Å². The van der Waals surface area contributed by atoms with Gasteiger partial charge >= 0.3 is 0 Å². The fraction of sp³-hybridized carbons (Fsp3) is 0.0500. The molecular formula is C20H14F2N4O2. The third-order valence-electron chi connectivity index (χ3n) is 4.04. The monoisotopic (exact) mass is 380 g/mol. The molecule has 4 rings (SSSR count). The van der Waals surface area contributed by atoms with Gasteiger partial charge in [0.15, 0.2) is 17.5 Å². The molecule has 0 bridgehead atoms. The van der Waals surface area contributed by atoms with E-state index in [2.05, 4.69) is 15.5 Å². The highest BCUT2D eigenvalue weighted by Gasteiger charge is 2.15. The Bertz CT molecular complexity index is 1120. The van der Waals surface area contributed by atoms with E-state index >= 15 is 0 Å². The van der Waals surface area contributed by atoms with Gasteiger partial charge in [0.1, 0.15) is 5.69 Å². The molecule has 0 radical (unpaired) electrons. The topological polar surface area (TPSA) is 73.0 Å². The molecule has 140 valence electrons. The highest BCUT2D eigenvalue weighted by atomic mass is 19.2. The molecular weight excluding hydrogens is 366 g/mol. The second kappa shape index (κ2) is 7.43. The second-order valence-electron chi connectivity index (χ2n) is 5.99. The van der Waals surface area contributed by atoms with Crippen LogP contribution in [0.1, 0.15) is 16.3 Å². The van der Waals surface area contributed by atoms with E-state index in [1.54, 1.807) is 22.9 Å². The predicted molar refractivity (Wildman–Crippen MR) is 97.6 cm³/mol. The quantitative estimate of drug-likeness (QED) is 0.565. The number of amides is 1. The zero-order valence-corrected chi connectivity index (χ0v) is 14.5. The highest BCUT2D eigenvalue weighted by Crippen LogP contribution is 2.18. The minimum atomic E-state index is -1.03. The molecule has 6 nitrogen and oxygen atoms in total. The van der Waals surface area contributed by atoms with Crippen LogP contribution in [0.4, 0.5) is 14.5 Å². The summed E-state index contributed by atoms with van der Waals surface area (Å²) < 4.78 is 33.3. The molecule has 0 unspecified atom stereocenters. The number of hydrogen-bond acceptors (Lipinski definition) is 4. The lowest BCUT2D eigenvalue weighted by atomic mass is 10.2. The van der Waals surface area contributed by atoms with E-state index in [1.165, 1.54) is 6.07 Å². The molecule has 0 aliphatic carbocycles. The van der Waals surface area contributed by atoms with Gasteiger partial charge in [0.05, 0.1) is 6.54 Å². The molecule has 0 aliphatic heterocycles. The zero-order chi connectivity index (χ0) is 19.5. The smallest absolute Gasteiger partial charge is 0.272 e. The van der Waals surface area contributed by atoms with Crippen LogP contribution in [0.3, 0.4) is 0 Å². The SMILES string of the molecule is O=C(Nc1ccc(F)c(F)c1)c1cccn1Cc1noc(-c2ccccc2)n1. The second-order valence-corrected chi connectivity index (χ2v) is 5.99. The van der Waals surface area contributed by atoms with Gasteiger partial charge in [-0.2, -0.15) is 4.98 Å². The molecule has 2 aromatic carbocycles. The maximum Gasteiger partial charge on any atom is 0.272 e. The van der Waals surface area contributed by atoms with Crippen LogP contribution in [-0.2, 0) is 6.54 Å². The zero-order valence-electron chi connectivity index (χ0n) is 14.5. The Hall–Kier alpha value is -3.81. The number of halogens is 2. The lowest BCUT2D eigenvalue weighted by Gasteiger charge is -2.08. The third kappa shape index (κ3) is 3.66. The highest BCUT2D eigenvalue weighted by molar-refractivity contribution is 6.03. The number of nitrogens with zero attached hydrogens (tertiary/aromatic N) is 3. The summed E-state index contributed by atoms with van der Waals surface area (Å²) in [7, 11) is 0. The fourth-order valence-electron chi connectivity index (χ4n) is 2.70. The Labute approximate surface area is 158 Å². The van der Waals surface area contributed by atoms with Crippen LogP contribution in [0.2, 0.25) is 0 Å². The third-order valence-corrected chi connectivity index (χ3v) is 4.04. The summed E-state index contributed by atoms with van der Waals surface area (Å²) in [4.78, 5) is 16.8. The molecule has 0 atom stereocenters. The van der Waals surface area contributed by atoms with Crippen molar-refractivity contribution in [2.45, 2.75) is 6.54 Å². The average molecular weight is 380 g/mol. The van der Waals surface area contributed by atoms with Crippen LogP contribution in [0, 0.1) is 11.6 Å². The lowest BCUT2D eigenvalue weighted by Crippen LogP contribution is -2.17. The molecule has 1 N–H and O–H groups in total. The Kier molecular flexibility index (Phi) is 4.67. The Morgan fingerprint density at radius 1 is 1.04 bits per heavy atom. The van der Waals surface area contributed by atoms with E-state index in [4.69, 9.17) is 4.52 Å². The van der Waals surface area contributed by atoms with Crippen molar-refractivity contribution in [1.29, 1.82) is 0 Å². The molecule has 0 saturated carbocycles.